The minimum absolute atomic E-state index is 0. The van der Waals surface area contributed by atoms with Gasteiger partial charge in [0.05, 0.1) is 39.0 Å². The van der Waals surface area contributed by atoms with Crippen LogP contribution in [0.1, 0.15) is 45.1 Å². The van der Waals surface area contributed by atoms with Crippen LogP contribution in [0.2, 0.25) is 0 Å². The van der Waals surface area contributed by atoms with Crippen molar-refractivity contribution in [3.63, 3.8) is 0 Å². The molecule has 37 heavy (non-hydrogen) atoms. The zero-order valence-corrected chi connectivity index (χ0v) is 28.7. The molecule has 1 aliphatic rings. The van der Waals surface area contributed by atoms with Gasteiger partial charge in [0, 0.05) is 18.1 Å². The average molecular weight is 622 g/mol. The summed E-state index contributed by atoms with van der Waals surface area (Å²) in [6.45, 7) is 8.80. The van der Waals surface area contributed by atoms with E-state index < -0.39 is 11.4 Å². The van der Waals surface area contributed by atoms with E-state index in [-0.39, 0.29) is 86.8 Å². The number of hydrogen-bond acceptors (Lipinski definition) is 6. The van der Waals surface area contributed by atoms with Gasteiger partial charge in [-0.05, 0) is 60.7 Å². The minimum Gasteiger partial charge on any atom is -0.545 e. The Morgan fingerprint density at radius 3 is 1.86 bits per heavy atom. The first-order chi connectivity index (χ1) is 17.4. The maximum atomic E-state index is 12.1. The van der Waals surface area contributed by atoms with Gasteiger partial charge >= 0.3 is 68.9 Å². The Morgan fingerprint density at radius 2 is 1.32 bits per heavy atom. The van der Waals surface area contributed by atoms with Gasteiger partial charge in [-0.1, -0.05) is 53.6 Å². The fourth-order valence-electron chi connectivity index (χ4n) is 4.87. The predicted molar refractivity (Wildman–Crippen MR) is 137 cm³/mol. The first-order valence-electron chi connectivity index (χ1n) is 12.2. The van der Waals surface area contributed by atoms with E-state index in [2.05, 4.69) is 57.2 Å². The molecule has 0 fully saturated rings. The van der Waals surface area contributed by atoms with Gasteiger partial charge in [0.2, 0.25) is 0 Å². The van der Waals surface area contributed by atoms with Crippen LogP contribution in [0.5, 0.6) is 5.75 Å². The zero-order chi connectivity index (χ0) is 25.7. The number of carbonyl (C=O) groups is 1. The number of ether oxygens (including phenoxy) is 4. The molecule has 0 saturated heterocycles. The molecule has 0 heterocycles. The van der Waals surface area contributed by atoms with E-state index in [1.807, 2.05) is 6.07 Å². The molecule has 0 saturated carbocycles. The van der Waals surface area contributed by atoms with Gasteiger partial charge in [0.15, 0.2) is 0 Å². The largest absolute Gasteiger partial charge is 1.00 e. The number of hydrogen-bond donors (Lipinski definition) is 0. The SMILES string of the molecule is COCCOCCOCCOc1ccc(C2(C)c3cc(C)ccc3-c3ccc(C)cc32)cc1C(=O)[O-].[Cs+]. The maximum absolute atomic E-state index is 12.1. The van der Waals surface area contributed by atoms with E-state index in [4.69, 9.17) is 18.9 Å². The van der Waals surface area contributed by atoms with Gasteiger partial charge < -0.3 is 28.8 Å². The van der Waals surface area contributed by atoms with Gasteiger partial charge in [-0.3, -0.25) is 0 Å². The van der Waals surface area contributed by atoms with Crippen LogP contribution in [0.15, 0.2) is 54.6 Å². The van der Waals surface area contributed by atoms with E-state index in [1.54, 1.807) is 19.2 Å². The van der Waals surface area contributed by atoms with E-state index >= 15 is 0 Å². The summed E-state index contributed by atoms with van der Waals surface area (Å²) < 4.78 is 21.5. The van der Waals surface area contributed by atoms with Crippen molar-refractivity contribution in [2.24, 2.45) is 0 Å². The second kappa shape index (κ2) is 13.8. The van der Waals surface area contributed by atoms with E-state index in [0.29, 0.717) is 33.0 Å². The molecule has 0 amide bonds. The Bertz CT molecular complexity index is 1190. The van der Waals surface area contributed by atoms with Crippen LogP contribution in [-0.4, -0.2) is 52.7 Å². The number of carboxylic acids is 1. The van der Waals surface area contributed by atoms with Crippen LogP contribution < -0.4 is 78.7 Å². The standard InChI is InChI=1S/C30H34O6.Cs/c1-20-5-8-23-24-9-6-21(2)18-27(24)30(3,26(23)17-20)22-7-10-28(25(19-22)29(31)32)36-16-15-35-14-13-34-12-11-33-4;/h5-10,17-19H,11-16H2,1-4H3,(H,31,32);/q;+1/p-1. The Kier molecular flexibility index (Phi) is 11.3. The molecule has 0 bridgehead atoms. The summed E-state index contributed by atoms with van der Waals surface area (Å²) in [5, 5.41) is 12.1. The number of fused-ring (bicyclic) bond motifs is 3. The summed E-state index contributed by atoms with van der Waals surface area (Å²) >= 11 is 0. The monoisotopic (exact) mass is 622 g/mol. The molecular weight excluding hydrogens is 589 g/mol. The molecule has 0 spiro atoms. The quantitative estimate of drug-likeness (QED) is 0.282. The minimum atomic E-state index is -1.27. The third-order valence-electron chi connectivity index (χ3n) is 6.78. The van der Waals surface area contributed by atoms with E-state index in [0.717, 1.165) is 16.7 Å². The average Bonchev–Trinajstić information content (AvgIpc) is 3.11. The van der Waals surface area contributed by atoms with Crippen LogP contribution in [0.25, 0.3) is 11.1 Å². The summed E-state index contributed by atoms with van der Waals surface area (Å²) in [6, 6.07) is 18.3. The summed E-state index contributed by atoms with van der Waals surface area (Å²) in [4.78, 5) is 12.1. The molecule has 7 heteroatoms. The van der Waals surface area contributed by atoms with Gasteiger partial charge in [-0.15, -0.1) is 0 Å². The molecule has 0 aromatic heterocycles. The van der Waals surface area contributed by atoms with E-state index in [9.17, 15) is 9.90 Å². The smallest absolute Gasteiger partial charge is 0.545 e. The van der Waals surface area contributed by atoms with Crippen LogP contribution >= 0.6 is 0 Å². The third-order valence-corrected chi connectivity index (χ3v) is 6.78. The van der Waals surface area contributed by atoms with Crippen molar-refractivity contribution >= 4 is 5.97 Å². The fraction of sp³-hybridized carbons (Fsp3) is 0.367. The number of aryl methyl sites for hydroxylation is 2. The number of methoxy groups -OCH3 is 1. The third kappa shape index (κ3) is 6.72. The predicted octanol–water partition coefficient (Wildman–Crippen LogP) is 1.06. The summed E-state index contributed by atoms with van der Waals surface area (Å²) in [5.74, 6) is -0.996. The fourth-order valence-corrected chi connectivity index (χ4v) is 4.87. The molecule has 6 nitrogen and oxygen atoms in total. The van der Waals surface area contributed by atoms with Crippen LogP contribution in [0.3, 0.4) is 0 Å². The van der Waals surface area contributed by atoms with Crippen molar-refractivity contribution in [2.75, 3.05) is 46.8 Å². The van der Waals surface area contributed by atoms with E-state index in [1.165, 1.54) is 22.3 Å². The van der Waals surface area contributed by atoms with Crippen LogP contribution in [0.4, 0.5) is 0 Å². The van der Waals surface area contributed by atoms with Crippen molar-refractivity contribution in [1.29, 1.82) is 0 Å². The molecule has 0 N–H and O–H groups in total. The topological polar surface area (TPSA) is 77.0 Å². The van der Waals surface area contributed by atoms with Crippen molar-refractivity contribution in [3.05, 3.63) is 88.0 Å². The molecule has 0 unspecified atom stereocenters. The molecule has 4 rings (SSSR count). The molecule has 3 aromatic carbocycles. The van der Waals surface area contributed by atoms with Gasteiger partial charge in [-0.2, -0.15) is 0 Å². The summed E-state index contributed by atoms with van der Waals surface area (Å²) in [6.07, 6.45) is 0. The summed E-state index contributed by atoms with van der Waals surface area (Å²) in [5.41, 5.74) is 7.43. The number of aromatic carboxylic acids is 1. The number of rotatable bonds is 12. The second-order valence-electron chi connectivity index (χ2n) is 9.29. The van der Waals surface area contributed by atoms with Crippen molar-refractivity contribution in [1.82, 2.24) is 0 Å². The number of carboxylic acid groups (broad SMARTS) is 1. The normalized spacial score (nSPS) is 13.0. The van der Waals surface area contributed by atoms with Crippen molar-refractivity contribution < 1.29 is 97.7 Å². The molecular formula is C30H33CsO6. The Hall–Kier alpha value is -1.14. The Balaban J connectivity index is 0.00000380. The zero-order valence-electron chi connectivity index (χ0n) is 22.4. The Morgan fingerprint density at radius 1 is 0.784 bits per heavy atom. The summed E-state index contributed by atoms with van der Waals surface area (Å²) in [7, 11) is 1.62. The molecule has 0 atom stereocenters. The van der Waals surface area contributed by atoms with Crippen molar-refractivity contribution in [2.45, 2.75) is 26.2 Å². The number of benzene rings is 3. The molecule has 1 aliphatic carbocycles. The maximum Gasteiger partial charge on any atom is 1.00 e. The van der Waals surface area contributed by atoms with Crippen LogP contribution in [0, 0.1) is 13.8 Å². The molecule has 0 aliphatic heterocycles. The second-order valence-corrected chi connectivity index (χ2v) is 9.29. The van der Waals surface area contributed by atoms with Crippen LogP contribution in [-0.2, 0) is 19.6 Å². The Labute approximate surface area is 278 Å². The van der Waals surface area contributed by atoms with Gasteiger partial charge in [0.25, 0.3) is 0 Å². The molecule has 0 radical (unpaired) electrons. The molecule has 3 aromatic rings. The molecule has 190 valence electrons. The van der Waals surface area contributed by atoms with Gasteiger partial charge in [0.1, 0.15) is 12.4 Å². The van der Waals surface area contributed by atoms with Gasteiger partial charge in [-0.25, -0.2) is 0 Å². The number of carbonyl (C=O) groups excluding carboxylic acids is 1. The first kappa shape index (κ1) is 30.4. The first-order valence-corrected chi connectivity index (χ1v) is 12.2. The van der Waals surface area contributed by atoms with Crippen molar-refractivity contribution in [3.8, 4) is 16.9 Å².